The summed E-state index contributed by atoms with van der Waals surface area (Å²) in [5.74, 6) is 1.22. The van der Waals surface area contributed by atoms with Gasteiger partial charge in [-0.1, -0.05) is 0 Å². The first-order valence-corrected chi connectivity index (χ1v) is 9.29. The number of nitro groups is 1. The highest BCUT2D eigenvalue weighted by Crippen LogP contribution is 2.39. The summed E-state index contributed by atoms with van der Waals surface area (Å²) in [7, 11) is 3.70. The molecule has 2 aliphatic heterocycles. The van der Waals surface area contributed by atoms with E-state index in [9.17, 15) is 14.9 Å². The molecule has 1 aromatic heterocycles. The van der Waals surface area contributed by atoms with Crippen LogP contribution in [0.4, 0.5) is 23.0 Å². The highest BCUT2D eigenvalue weighted by Gasteiger charge is 2.30. The zero-order valence-electron chi connectivity index (χ0n) is 15.8. The first kappa shape index (κ1) is 18.2. The molecule has 0 spiro atoms. The molecule has 1 fully saturated rings. The molecule has 10 nitrogen and oxygen atoms in total. The summed E-state index contributed by atoms with van der Waals surface area (Å²) in [6.45, 7) is 1.27. The normalized spacial score (nSPS) is 17.2. The van der Waals surface area contributed by atoms with Gasteiger partial charge in [0, 0.05) is 51.3 Å². The number of anilines is 3. The van der Waals surface area contributed by atoms with Gasteiger partial charge in [0.15, 0.2) is 0 Å². The van der Waals surface area contributed by atoms with Gasteiger partial charge in [0.05, 0.1) is 4.92 Å². The maximum atomic E-state index is 11.7. The number of carbonyl (C=O) groups is 1. The average Bonchev–Trinajstić information content (AvgIpc) is 3.17. The number of amides is 1. The maximum Gasteiger partial charge on any atom is 0.292 e. The molecule has 28 heavy (non-hydrogen) atoms. The van der Waals surface area contributed by atoms with Crippen LogP contribution in [0.5, 0.6) is 0 Å². The smallest absolute Gasteiger partial charge is 0.292 e. The van der Waals surface area contributed by atoms with Gasteiger partial charge < -0.3 is 19.6 Å². The Bertz CT molecular complexity index is 917. The second-order valence-corrected chi connectivity index (χ2v) is 7.39. The van der Waals surface area contributed by atoms with Crippen molar-refractivity contribution in [2.45, 2.75) is 31.6 Å². The summed E-state index contributed by atoms with van der Waals surface area (Å²) in [6, 6.07) is 3.33. The zero-order valence-corrected chi connectivity index (χ0v) is 15.8. The molecule has 0 bridgehead atoms. The first-order chi connectivity index (χ1) is 13.4. The van der Waals surface area contributed by atoms with Crippen molar-refractivity contribution in [1.29, 1.82) is 0 Å². The second-order valence-electron chi connectivity index (χ2n) is 7.39. The van der Waals surface area contributed by atoms with Crippen LogP contribution in [0.3, 0.4) is 0 Å². The van der Waals surface area contributed by atoms with Gasteiger partial charge >= 0.3 is 0 Å². The molecule has 1 saturated heterocycles. The van der Waals surface area contributed by atoms with E-state index in [0.717, 1.165) is 18.4 Å². The number of carbonyl (C=O) groups excluding carboxylic acids is 1. The predicted molar refractivity (Wildman–Crippen MR) is 103 cm³/mol. The Morgan fingerprint density at radius 2 is 2.04 bits per heavy atom. The Kier molecular flexibility index (Phi) is 4.62. The SMILES string of the molecule is CN(C)c1noc(C2CCN(c3cc4c(cc3[N+](=O)[O-])CCC(=O)N4)CC2)n1. The third kappa shape index (κ3) is 3.37. The van der Waals surface area contributed by atoms with Gasteiger partial charge in [-0.2, -0.15) is 4.98 Å². The number of nitrogens with one attached hydrogen (secondary N) is 1. The van der Waals surface area contributed by atoms with E-state index < -0.39 is 0 Å². The lowest BCUT2D eigenvalue weighted by Gasteiger charge is -2.32. The largest absolute Gasteiger partial charge is 0.366 e. The van der Waals surface area contributed by atoms with Gasteiger partial charge in [-0.05, 0) is 36.0 Å². The van der Waals surface area contributed by atoms with Crippen molar-refractivity contribution in [2.75, 3.05) is 42.3 Å². The molecule has 0 radical (unpaired) electrons. The van der Waals surface area contributed by atoms with Crippen LogP contribution in [0, 0.1) is 10.1 Å². The molecule has 0 atom stereocenters. The van der Waals surface area contributed by atoms with Gasteiger partial charge in [0.1, 0.15) is 5.69 Å². The fraction of sp³-hybridized carbons (Fsp3) is 0.500. The number of rotatable bonds is 4. The van der Waals surface area contributed by atoms with Crippen molar-refractivity contribution in [3.05, 3.63) is 33.7 Å². The van der Waals surface area contributed by atoms with Crippen LogP contribution in [0.15, 0.2) is 16.7 Å². The van der Waals surface area contributed by atoms with Crippen molar-refractivity contribution in [3.63, 3.8) is 0 Å². The van der Waals surface area contributed by atoms with Crippen LogP contribution in [0.1, 0.15) is 36.6 Å². The van der Waals surface area contributed by atoms with Crippen LogP contribution in [-0.2, 0) is 11.2 Å². The lowest BCUT2D eigenvalue weighted by Crippen LogP contribution is -2.33. The third-order valence-corrected chi connectivity index (χ3v) is 5.31. The van der Waals surface area contributed by atoms with Crippen molar-refractivity contribution < 1.29 is 14.2 Å². The van der Waals surface area contributed by atoms with Gasteiger partial charge in [0.2, 0.25) is 11.8 Å². The minimum atomic E-state index is -0.348. The summed E-state index contributed by atoms with van der Waals surface area (Å²) in [6.07, 6.45) is 2.40. The van der Waals surface area contributed by atoms with Gasteiger partial charge in [-0.3, -0.25) is 14.9 Å². The number of aromatic nitrogens is 2. The number of aryl methyl sites for hydroxylation is 1. The van der Waals surface area contributed by atoms with E-state index in [-0.39, 0.29) is 22.4 Å². The summed E-state index contributed by atoms with van der Waals surface area (Å²) in [5.41, 5.74) is 2.11. The minimum absolute atomic E-state index is 0.0564. The molecule has 1 aromatic carbocycles. The molecule has 1 N–H and O–H groups in total. The number of benzene rings is 1. The van der Waals surface area contributed by atoms with Gasteiger partial charge in [0.25, 0.3) is 11.6 Å². The van der Waals surface area contributed by atoms with Crippen molar-refractivity contribution >= 4 is 28.9 Å². The Labute approximate surface area is 161 Å². The number of piperidine rings is 1. The van der Waals surface area contributed by atoms with E-state index in [1.54, 1.807) is 17.0 Å². The summed E-state index contributed by atoms with van der Waals surface area (Å²) in [4.78, 5) is 31.2. The molecular weight excluding hydrogens is 364 g/mol. The number of hydrogen-bond donors (Lipinski definition) is 1. The van der Waals surface area contributed by atoms with E-state index in [2.05, 4.69) is 15.5 Å². The molecular formula is C18H22N6O4. The van der Waals surface area contributed by atoms with E-state index in [1.807, 2.05) is 19.0 Å². The number of hydrogen-bond acceptors (Lipinski definition) is 8. The molecule has 10 heteroatoms. The van der Waals surface area contributed by atoms with Gasteiger partial charge in [-0.25, -0.2) is 0 Å². The highest BCUT2D eigenvalue weighted by atomic mass is 16.6. The minimum Gasteiger partial charge on any atom is -0.366 e. The van der Waals surface area contributed by atoms with E-state index in [1.165, 1.54) is 0 Å². The predicted octanol–water partition coefficient (Wildman–Crippen LogP) is 2.31. The maximum absolute atomic E-state index is 11.7. The molecule has 0 saturated carbocycles. The van der Waals surface area contributed by atoms with Crippen molar-refractivity contribution in [2.24, 2.45) is 0 Å². The molecule has 148 valence electrons. The number of nitrogens with zero attached hydrogens (tertiary/aromatic N) is 5. The monoisotopic (exact) mass is 386 g/mol. The standard InChI is InChI=1S/C18H22N6O4/c1-22(2)18-20-17(28-21-18)11-5-7-23(8-6-11)14-10-13-12(3-4-16(25)19-13)9-15(14)24(26)27/h9-11H,3-8H2,1-2H3,(H,19,25). The second kappa shape index (κ2) is 7.10. The summed E-state index contributed by atoms with van der Waals surface area (Å²) in [5, 5.41) is 18.4. The first-order valence-electron chi connectivity index (χ1n) is 9.29. The van der Waals surface area contributed by atoms with Crippen LogP contribution in [0.25, 0.3) is 0 Å². The quantitative estimate of drug-likeness (QED) is 0.628. The van der Waals surface area contributed by atoms with Crippen LogP contribution >= 0.6 is 0 Å². The topological polar surface area (TPSA) is 118 Å². The number of fused-ring (bicyclic) bond motifs is 1. The Morgan fingerprint density at radius 3 is 2.68 bits per heavy atom. The van der Waals surface area contributed by atoms with E-state index >= 15 is 0 Å². The lowest BCUT2D eigenvalue weighted by atomic mass is 9.95. The van der Waals surface area contributed by atoms with E-state index in [4.69, 9.17) is 4.52 Å². The average molecular weight is 386 g/mol. The lowest BCUT2D eigenvalue weighted by molar-refractivity contribution is -0.384. The Hall–Kier alpha value is -3.17. The fourth-order valence-electron chi connectivity index (χ4n) is 3.75. The summed E-state index contributed by atoms with van der Waals surface area (Å²) >= 11 is 0. The Balaban J connectivity index is 1.54. The van der Waals surface area contributed by atoms with Crippen LogP contribution < -0.4 is 15.1 Å². The van der Waals surface area contributed by atoms with Crippen molar-refractivity contribution in [1.82, 2.24) is 10.1 Å². The molecule has 2 aromatic rings. The molecule has 0 unspecified atom stereocenters. The third-order valence-electron chi connectivity index (χ3n) is 5.31. The zero-order chi connectivity index (χ0) is 19.8. The van der Waals surface area contributed by atoms with Crippen molar-refractivity contribution in [3.8, 4) is 0 Å². The Morgan fingerprint density at radius 1 is 1.29 bits per heavy atom. The van der Waals surface area contributed by atoms with Crippen LogP contribution in [0.2, 0.25) is 0 Å². The molecule has 4 rings (SSSR count). The van der Waals surface area contributed by atoms with E-state index in [0.29, 0.717) is 49.1 Å². The molecule has 0 aliphatic carbocycles. The van der Waals surface area contributed by atoms with Crippen LogP contribution in [-0.4, -0.2) is 48.2 Å². The molecule has 3 heterocycles. The highest BCUT2D eigenvalue weighted by molar-refractivity contribution is 5.95. The van der Waals surface area contributed by atoms with Gasteiger partial charge in [-0.15, -0.1) is 0 Å². The fourth-order valence-corrected chi connectivity index (χ4v) is 3.75. The number of nitro benzene ring substituents is 1. The summed E-state index contributed by atoms with van der Waals surface area (Å²) < 4.78 is 5.38. The molecule has 1 amide bonds. The molecule has 2 aliphatic rings.